The molecule has 0 radical (unpaired) electrons. The molecule has 0 fully saturated rings. The van der Waals surface area contributed by atoms with Crippen LogP contribution in [0.4, 0.5) is 0 Å². The number of rotatable bonds is 6. The van der Waals surface area contributed by atoms with Crippen LogP contribution in [-0.2, 0) is 26.4 Å². The van der Waals surface area contributed by atoms with Crippen LogP contribution in [0.5, 0.6) is 0 Å². The van der Waals surface area contributed by atoms with Crippen LogP contribution in [0, 0.1) is 0 Å². The fraction of sp³-hybridized carbons (Fsp3) is 0.455. The van der Waals surface area contributed by atoms with Crippen molar-refractivity contribution in [2.75, 3.05) is 12.0 Å². The summed E-state index contributed by atoms with van der Waals surface area (Å²) in [6, 6.07) is 5.44. The van der Waals surface area contributed by atoms with Gasteiger partial charge >= 0.3 is 0 Å². The maximum atomic E-state index is 12.0. The quantitative estimate of drug-likeness (QED) is 0.760. The van der Waals surface area contributed by atoms with Gasteiger partial charge in [-0.3, -0.25) is 0 Å². The number of sulfone groups is 1. The number of sulfonamides is 1. The highest BCUT2D eigenvalue weighted by molar-refractivity contribution is 7.91. The van der Waals surface area contributed by atoms with Crippen LogP contribution in [0.25, 0.3) is 0 Å². The summed E-state index contributed by atoms with van der Waals surface area (Å²) in [6.45, 7) is 1.84. The summed E-state index contributed by atoms with van der Waals surface area (Å²) < 4.78 is 48.5. The minimum atomic E-state index is -3.71. The summed E-state index contributed by atoms with van der Waals surface area (Å²) in [5.74, 6) is -0.243. The Labute approximate surface area is 114 Å². The van der Waals surface area contributed by atoms with Crippen molar-refractivity contribution >= 4 is 19.9 Å². The van der Waals surface area contributed by atoms with Gasteiger partial charge in [-0.1, -0.05) is 12.1 Å². The van der Waals surface area contributed by atoms with Crippen LogP contribution in [-0.4, -0.2) is 34.9 Å². The zero-order chi connectivity index (χ0) is 14.7. The second-order valence-electron chi connectivity index (χ2n) is 4.46. The van der Waals surface area contributed by atoms with Gasteiger partial charge in [-0.15, -0.1) is 0 Å². The van der Waals surface area contributed by atoms with Gasteiger partial charge in [0.25, 0.3) is 0 Å². The number of hydrogen-bond donors (Lipinski definition) is 2. The van der Waals surface area contributed by atoms with Gasteiger partial charge < -0.3 is 5.73 Å². The van der Waals surface area contributed by atoms with Crippen molar-refractivity contribution in [3.8, 4) is 0 Å². The molecular weight excluding hydrogens is 288 g/mol. The molecule has 1 rings (SSSR count). The molecule has 0 bridgehead atoms. The molecule has 1 atom stereocenters. The standard InChI is InChI=1S/C11H18N2O4S2/c1-9(8-18(2,14)15)13-19(16,17)11-5-3-10(7-12)4-6-11/h3-6,9,13H,7-8,12H2,1-2H3. The van der Waals surface area contributed by atoms with E-state index in [0.717, 1.165) is 11.8 Å². The molecule has 0 heterocycles. The van der Waals surface area contributed by atoms with Gasteiger partial charge in [0.15, 0.2) is 0 Å². The molecule has 0 spiro atoms. The summed E-state index contributed by atoms with van der Waals surface area (Å²) in [4.78, 5) is 0.0880. The zero-order valence-electron chi connectivity index (χ0n) is 10.8. The van der Waals surface area contributed by atoms with E-state index in [1.165, 1.54) is 19.1 Å². The third-order valence-corrected chi connectivity index (χ3v) is 5.09. The summed E-state index contributed by atoms with van der Waals surface area (Å²) in [6.07, 6.45) is 1.06. The fourth-order valence-corrected chi connectivity index (χ4v) is 3.97. The summed E-state index contributed by atoms with van der Waals surface area (Å²) >= 11 is 0. The van der Waals surface area contributed by atoms with Crippen LogP contribution in [0.15, 0.2) is 29.2 Å². The van der Waals surface area contributed by atoms with E-state index in [4.69, 9.17) is 5.73 Å². The van der Waals surface area contributed by atoms with E-state index in [1.807, 2.05) is 0 Å². The third kappa shape index (κ3) is 5.27. The number of benzene rings is 1. The highest BCUT2D eigenvalue weighted by atomic mass is 32.2. The van der Waals surface area contributed by atoms with Gasteiger partial charge in [-0.05, 0) is 24.6 Å². The van der Waals surface area contributed by atoms with Crippen molar-refractivity contribution in [1.29, 1.82) is 0 Å². The van der Waals surface area contributed by atoms with Crippen LogP contribution >= 0.6 is 0 Å². The van der Waals surface area contributed by atoms with E-state index < -0.39 is 25.9 Å². The second-order valence-corrected chi connectivity index (χ2v) is 8.36. The van der Waals surface area contributed by atoms with Crippen LogP contribution in [0.1, 0.15) is 12.5 Å². The molecular formula is C11H18N2O4S2. The number of nitrogens with one attached hydrogen (secondary N) is 1. The molecule has 0 amide bonds. The Morgan fingerprint density at radius 3 is 2.11 bits per heavy atom. The predicted octanol–water partition coefficient (Wildman–Crippen LogP) is -0.143. The highest BCUT2D eigenvalue weighted by Gasteiger charge is 2.19. The molecule has 0 saturated carbocycles. The lowest BCUT2D eigenvalue weighted by molar-refractivity contribution is 0.564. The maximum Gasteiger partial charge on any atom is 0.240 e. The first-order valence-electron chi connectivity index (χ1n) is 5.63. The number of nitrogens with two attached hydrogens (primary N) is 1. The summed E-state index contributed by atoms with van der Waals surface area (Å²) in [5.41, 5.74) is 6.25. The maximum absolute atomic E-state index is 12.0. The number of hydrogen-bond acceptors (Lipinski definition) is 5. The monoisotopic (exact) mass is 306 g/mol. The zero-order valence-corrected chi connectivity index (χ0v) is 12.5. The smallest absolute Gasteiger partial charge is 0.240 e. The van der Waals surface area contributed by atoms with Crippen molar-refractivity contribution in [2.24, 2.45) is 5.73 Å². The topological polar surface area (TPSA) is 106 Å². The van der Waals surface area contributed by atoms with E-state index in [-0.39, 0.29) is 10.6 Å². The van der Waals surface area contributed by atoms with Crippen molar-refractivity contribution in [1.82, 2.24) is 4.72 Å². The van der Waals surface area contributed by atoms with Crippen molar-refractivity contribution < 1.29 is 16.8 Å². The van der Waals surface area contributed by atoms with Crippen molar-refractivity contribution in [3.05, 3.63) is 29.8 Å². The van der Waals surface area contributed by atoms with Crippen LogP contribution in [0.2, 0.25) is 0 Å². The average Bonchev–Trinajstić information content (AvgIpc) is 2.25. The van der Waals surface area contributed by atoms with Gasteiger partial charge in [0.05, 0.1) is 10.6 Å². The lowest BCUT2D eigenvalue weighted by atomic mass is 10.2. The molecule has 0 aliphatic carbocycles. The lowest BCUT2D eigenvalue weighted by Crippen LogP contribution is -2.37. The van der Waals surface area contributed by atoms with Crippen molar-refractivity contribution in [3.63, 3.8) is 0 Å². The van der Waals surface area contributed by atoms with Gasteiger partial charge in [0, 0.05) is 18.8 Å². The molecule has 0 aliphatic heterocycles. The first-order chi connectivity index (χ1) is 8.64. The van der Waals surface area contributed by atoms with E-state index in [9.17, 15) is 16.8 Å². The SMILES string of the molecule is CC(CS(C)(=O)=O)NS(=O)(=O)c1ccc(CN)cc1. The molecule has 1 aromatic rings. The van der Waals surface area contributed by atoms with Gasteiger partial charge in [-0.25, -0.2) is 21.6 Å². The highest BCUT2D eigenvalue weighted by Crippen LogP contribution is 2.11. The third-order valence-electron chi connectivity index (χ3n) is 2.38. The van der Waals surface area contributed by atoms with Gasteiger partial charge in [0.1, 0.15) is 9.84 Å². The molecule has 0 aromatic heterocycles. The average molecular weight is 306 g/mol. The van der Waals surface area contributed by atoms with Crippen molar-refractivity contribution in [2.45, 2.75) is 24.4 Å². The summed E-state index contributed by atoms with van der Waals surface area (Å²) in [7, 11) is -6.94. The Morgan fingerprint density at radius 1 is 1.16 bits per heavy atom. The van der Waals surface area contributed by atoms with E-state index in [2.05, 4.69) is 4.72 Å². The van der Waals surface area contributed by atoms with E-state index in [1.54, 1.807) is 12.1 Å². The van der Waals surface area contributed by atoms with E-state index >= 15 is 0 Å². The van der Waals surface area contributed by atoms with E-state index in [0.29, 0.717) is 6.54 Å². The normalized spacial score (nSPS) is 14.3. The van der Waals surface area contributed by atoms with Crippen LogP contribution in [0.3, 0.4) is 0 Å². The summed E-state index contributed by atoms with van der Waals surface area (Å²) in [5, 5.41) is 0. The Balaban J connectivity index is 2.86. The molecule has 0 saturated heterocycles. The fourth-order valence-electron chi connectivity index (χ4n) is 1.63. The molecule has 3 N–H and O–H groups in total. The first-order valence-corrected chi connectivity index (χ1v) is 9.17. The Kier molecular flexibility index (Phi) is 5.08. The van der Waals surface area contributed by atoms with Crippen LogP contribution < -0.4 is 10.5 Å². The minimum Gasteiger partial charge on any atom is -0.326 e. The molecule has 6 nitrogen and oxygen atoms in total. The molecule has 1 unspecified atom stereocenters. The van der Waals surface area contributed by atoms with Gasteiger partial charge in [-0.2, -0.15) is 0 Å². The Hall–Kier alpha value is -0.960. The van der Waals surface area contributed by atoms with Gasteiger partial charge in [0.2, 0.25) is 10.0 Å². The molecule has 1 aromatic carbocycles. The largest absolute Gasteiger partial charge is 0.326 e. The first kappa shape index (κ1) is 16.1. The minimum absolute atomic E-state index is 0.0880. The molecule has 108 valence electrons. The molecule has 0 aliphatic rings. The second kappa shape index (κ2) is 6.00. The molecule has 19 heavy (non-hydrogen) atoms. The Bertz CT molecular complexity index is 621. The predicted molar refractivity (Wildman–Crippen MR) is 73.8 cm³/mol. The Morgan fingerprint density at radius 2 is 1.68 bits per heavy atom. The lowest BCUT2D eigenvalue weighted by Gasteiger charge is -2.13. The molecule has 8 heteroatoms.